The summed E-state index contributed by atoms with van der Waals surface area (Å²) in [5.74, 6) is 0.713. The van der Waals surface area contributed by atoms with E-state index in [9.17, 15) is 8.42 Å². The quantitative estimate of drug-likeness (QED) is 0.801. The molecule has 0 heterocycles. The summed E-state index contributed by atoms with van der Waals surface area (Å²) in [6.45, 7) is 4.03. The molecule has 118 valence electrons. The van der Waals surface area contributed by atoms with Crippen LogP contribution < -0.4 is 15.2 Å². The van der Waals surface area contributed by atoms with Gasteiger partial charge < -0.3 is 10.5 Å². The van der Waals surface area contributed by atoms with E-state index in [-0.39, 0.29) is 11.0 Å². The van der Waals surface area contributed by atoms with E-state index < -0.39 is 10.0 Å². The van der Waals surface area contributed by atoms with Crippen molar-refractivity contribution < 1.29 is 13.2 Å². The molecule has 0 spiro atoms. The fraction of sp³-hybridized carbons (Fsp3) is 0.250. The average molecular weight is 320 g/mol. The van der Waals surface area contributed by atoms with E-state index in [2.05, 4.69) is 4.72 Å². The first-order chi connectivity index (χ1) is 10.4. The van der Waals surface area contributed by atoms with Gasteiger partial charge in [-0.15, -0.1) is 0 Å². The summed E-state index contributed by atoms with van der Waals surface area (Å²) in [7, 11) is -3.62. The molecule has 22 heavy (non-hydrogen) atoms. The summed E-state index contributed by atoms with van der Waals surface area (Å²) in [6, 6.07) is 12.9. The number of anilines is 2. The number of sulfonamides is 1. The van der Waals surface area contributed by atoms with Gasteiger partial charge in [-0.2, -0.15) is 0 Å². The molecule has 0 amide bonds. The van der Waals surface area contributed by atoms with E-state index in [1.54, 1.807) is 36.4 Å². The lowest BCUT2D eigenvalue weighted by Crippen LogP contribution is -2.13. The lowest BCUT2D eigenvalue weighted by Gasteiger charge is -2.13. The molecule has 2 aromatic carbocycles. The van der Waals surface area contributed by atoms with E-state index in [1.165, 1.54) is 12.1 Å². The third kappa shape index (κ3) is 4.14. The molecular formula is C16H20N2O3S. The maximum atomic E-state index is 12.2. The number of hydrogen-bond donors (Lipinski definition) is 2. The molecule has 0 radical (unpaired) electrons. The monoisotopic (exact) mass is 320 g/mol. The van der Waals surface area contributed by atoms with Crippen LogP contribution in [0.15, 0.2) is 53.4 Å². The van der Waals surface area contributed by atoms with Crippen LogP contribution in [-0.2, 0) is 10.0 Å². The van der Waals surface area contributed by atoms with Gasteiger partial charge >= 0.3 is 0 Å². The first kappa shape index (κ1) is 16.2. The third-order valence-corrected chi connectivity index (χ3v) is 4.61. The highest BCUT2D eigenvalue weighted by Crippen LogP contribution is 2.21. The Kier molecular flexibility index (Phi) is 4.92. The zero-order valence-corrected chi connectivity index (χ0v) is 13.4. The van der Waals surface area contributed by atoms with Gasteiger partial charge in [0.25, 0.3) is 10.0 Å². The van der Waals surface area contributed by atoms with Gasteiger partial charge in [0, 0.05) is 11.4 Å². The van der Waals surface area contributed by atoms with Crippen LogP contribution in [0.5, 0.6) is 5.75 Å². The van der Waals surface area contributed by atoms with Crippen LogP contribution in [0.4, 0.5) is 11.4 Å². The van der Waals surface area contributed by atoms with Crippen molar-refractivity contribution >= 4 is 21.4 Å². The van der Waals surface area contributed by atoms with Crippen molar-refractivity contribution in [3.05, 3.63) is 48.5 Å². The minimum Gasteiger partial charge on any atom is -0.491 e. The summed E-state index contributed by atoms with van der Waals surface area (Å²) in [5.41, 5.74) is 6.56. The molecule has 0 aliphatic carbocycles. The Bertz CT molecular complexity index is 710. The lowest BCUT2D eigenvalue weighted by molar-refractivity contribution is 0.217. The van der Waals surface area contributed by atoms with Crippen LogP contribution >= 0.6 is 0 Å². The second-order valence-electron chi connectivity index (χ2n) is 5.04. The van der Waals surface area contributed by atoms with Crippen molar-refractivity contribution in [2.24, 2.45) is 0 Å². The topological polar surface area (TPSA) is 81.4 Å². The minimum atomic E-state index is -3.62. The molecule has 6 heteroatoms. The normalized spacial score (nSPS) is 12.6. The third-order valence-electron chi connectivity index (χ3n) is 3.21. The zero-order chi connectivity index (χ0) is 16.2. The maximum Gasteiger partial charge on any atom is 0.261 e. The molecule has 0 aliphatic rings. The molecule has 0 saturated heterocycles. The fourth-order valence-electron chi connectivity index (χ4n) is 1.78. The van der Waals surface area contributed by atoms with Gasteiger partial charge in [0.15, 0.2) is 0 Å². The van der Waals surface area contributed by atoms with Crippen molar-refractivity contribution in [1.82, 2.24) is 0 Å². The zero-order valence-electron chi connectivity index (χ0n) is 12.6. The van der Waals surface area contributed by atoms with Gasteiger partial charge in [-0.3, -0.25) is 4.72 Å². The Morgan fingerprint density at radius 3 is 2.23 bits per heavy atom. The summed E-state index contributed by atoms with van der Waals surface area (Å²) in [6.07, 6.45) is 1.03. The van der Waals surface area contributed by atoms with Crippen LogP contribution in [0.25, 0.3) is 0 Å². The van der Waals surface area contributed by atoms with Crippen molar-refractivity contribution in [2.75, 3.05) is 10.5 Å². The Morgan fingerprint density at radius 2 is 1.68 bits per heavy atom. The molecule has 1 atom stereocenters. The van der Waals surface area contributed by atoms with Gasteiger partial charge in [0.2, 0.25) is 0 Å². The number of rotatable bonds is 6. The van der Waals surface area contributed by atoms with Gasteiger partial charge in [-0.25, -0.2) is 8.42 Å². The number of ether oxygens (including phenoxy) is 1. The molecule has 2 aromatic rings. The van der Waals surface area contributed by atoms with Gasteiger partial charge in [-0.1, -0.05) is 6.92 Å². The SMILES string of the molecule is CCC(C)Oc1ccc(NS(=O)(=O)c2ccc(N)cc2)cc1. The number of nitrogen functional groups attached to an aromatic ring is 1. The molecule has 0 fully saturated rings. The average Bonchev–Trinajstić information content (AvgIpc) is 2.49. The highest BCUT2D eigenvalue weighted by Gasteiger charge is 2.13. The molecule has 0 aromatic heterocycles. The Labute approximate surface area is 131 Å². The Balaban J connectivity index is 2.11. The fourth-order valence-corrected chi connectivity index (χ4v) is 2.84. The highest BCUT2D eigenvalue weighted by molar-refractivity contribution is 7.92. The van der Waals surface area contributed by atoms with E-state index in [0.717, 1.165) is 6.42 Å². The van der Waals surface area contributed by atoms with Crippen LogP contribution in [-0.4, -0.2) is 14.5 Å². The van der Waals surface area contributed by atoms with Crippen molar-refractivity contribution in [3.8, 4) is 5.75 Å². The second-order valence-corrected chi connectivity index (χ2v) is 6.72. The Hall–Kier alpha value is -2.21. The molecule has 5 nitrogen and oxygen atoms in total. The second kappa shape index (κ2) is 6.70. The van der Waals surface area contributed by atoms with Gasteiger partial charge in [0.1, 0.15) is 5.75 Å². The Morgan fingerprint density at radius 1 is 1.09 bits per heavy atom. The van der Waals surface area contributed by atoms with Gasteiger partial charge in [0.05, 0.1) is 11.0 Å². The first-order valence-corrected chi connectivity index (χ1v) is 8.54. The van der Waals surface area contributed by atoms with E-state index in [0.29, 0.717) is 17.1 Å². The minimum absolute atomic E-state index is 0.123. The summed E-state index contributed by atoms with van der Waals surface area (Å²) in [5, 5.41) is 0. The van der Waals surface area contributed by atoms with E-state index in [1.807, 2.05) is 13.8 Å². The molecule has 0 bridgehead atoms. The number of benzene rings is 2. The lowest BCUT2D eigenvalue weighted by atomic mass is 10.3. The summed E-state index contributed by atoms with van der Waals surface area (Å²) in [4.78, 5) is 0.168. The van der Waals surface area contributed by atoms with Crippen molar-refractivity contribution in [1.29, 1.82) is 0 Å². The molecule has 3 N–H and O–H groups in total. The van der Waals surface area contributed by atoms with Crippen molar-refractivity contribution in [3.63, 3.8) is 0 Å². The molecule has 1 unspecified atom stereocenters. The van der Waals surface area contributed by atoms with E-state index >= 15 is 0 Å². The molecule has 0 aliphatic heterocycles. The van der Waals surface area contributed by atoms with Crippen LogP contribution in [0.2, 0.25) is 0 Å². The first-order valence-electron chi connectivity index (χ1n) is 7.06. The largest absolute Gasteiger partial charge is 0.491 e. The predicted molar refractivity (Wildman–Crippen MR) is 88.5 cm³/mol. The maximum absolute atomic E-state index is 12.2. The number of nitrogens with two attached hydrogens (primary N) is 1. The smallest absolute Gasteiger partial charge is 0.261 e. The van der Waals surface area contributed by atoms with Crippen LogP contribution in [0, 0.1) is 0 Å². The van der Waals surface area contributed by atoms with Gasteiger partial charge in [-0.05, 0) is 61.9 Å². The molecule has 0 saturated carbocycles. The highest BCUT2D eigenvalue weighted by atomic mass is 32.2. The summed E-state index contributed by atoms with van der Waals surface area (Å²) >= 11 is 0. The molecule has 2 rings (SSSR count). The summed E-state index contributed by atoms with van der Waals surface area (Å²) < 4.78 is 32.7. The molecular weight excluding hydrogens is 300 g/mol. The van der Waals surface area contributed by atoms with Crippen LogP contribution in [0.3, 0.4) is 0 Å². The number of hydrogen-bond acceptors (Lipinski definition) is 4. The number of nitrogens with one attached hydrogen (secondary N) is 1. The van der Waals surface area contributed by atoms with Crippen LogP contribution in [0.1, 0.15) is 20.3 Å². The standard InChI is InChI=1S/C16H20N2O3S/c1-3-12(2)21-15-8-6-14(7-9-15)18-22(19,20)16-10-4-13(17)5-11-16/h4-12,18H,3,17H2,1-2H3. The van der Waals surface area contributed by atoms with Crippen molar-refractivity contribution in [2.45, 2.75) is 31.3 Å². The van der Waals surface area contributed by atoms with E-state index in [4.69, 9.17) is 10.5 Å². The predicted octanol–water partition coefficient (Wildman–Crippen LogP) is 3.25.